The zero-order valence-corrected chi connectivity index (χ0v) is 20.7. The number of para-hydroxylation sites is 1. The average molecular weight is 428 g/mol. The molecule has 0 bridgehead atoms. The number of benzene rings is 3. The standard InChI is InChI=1S/C27H29N.2C2H6/c1-2-11-23-18-20-24(21-19-23)12-6-3-4-7-13-25-14-10-17-27(22-25)28-26-15-8-5-9-16-26;2*1-2/h5,8-10,14-22,28H,2-4,7,11,13H2,1H3;2*1-2H3. The number of nitrogens with one attached hydrogen (secondary N) is 1. The van der Waals surface area contributed by atoms with Gasteiger partial charge in [0.25, 0.3) is 0 Å². The first-order chi connectivity index (χ1) is 15.8. The molecule has 1 nitrogen and oxygen atoms in total. The van der Waals surface area contributed by atoms with Crippen molar-refractivity contribution in [2.45, 2.75) is 73.1 Å². The van der Waals surface area contributed by atoms with Gasteiger partial charge >= 0.3 is 0 Å². The summed E-state index contributed by atoms with van der Waals surface area (Å²) < 4.78 is 0. The maximum Gasteiger partial charge on any atom is 0.0386 e. The monoisotopic (exact) mass is 427 g/mol. The number of unbranched alkanes of at least 4 members (excludes halogenated alkanes) is 2. The van der Waals surface area contributed by atoms with Crippen molar-refractivity contribution in [1.29, 1.82) is 0 Å². The molecule has 0 saturated heterocycles. The van der Waals surface area contributed by atoms with Crippen LogP contribution in [0.4, 0.5) is 11.4 Å². The van der Waals surface area contributed by atoms with E-state index in [0.717, 1.165) is 42.6 Å². The van der Waals surface area contributed by atoms with Gasteiger partial charge in [-0.3, -0.25) is 0 Å². The molecule has 0 amide bonds. The summed E-state index contributed by atoms with van der Waals surface area (Å²) in [6.45, 7) is 10.2. The normalized spacial score (nSPS) is 9.28. The zero-order valence-electron chi connectivity index (χ0n) is 20.7. The summed E-state index contributed by atoms with van der Waals surface area (Å²) in [5.74, 6) is 6.61. The molecule has 0 saturated carbocycles. The van der Waals surface area contributed by atoms with Crippen molar-refractivity contribution in [3.63, 3.8) is 0 Å². The second-order valence-corrected chi connectivity index (χ2v) is 7.15. The van der Waals surface area contributed by atoms with Gasteiger partial charge in [-0.2, -0.15) is 0 Å². The molecule has 32 heavy (non-hydrogen) atoms. The molecule has 0 unspecified atom stereocenters. The summed E-state index contributed by atoms with van der Waals surface area (Å²) in [5.41, 5.74) is 6.17. The van der Waals surface area contributed by atoms with Crippen molar-refractivity contribution in [3.8, 4) is 11.8 Å². The fourth-order valence-corrected chi connectivity index (χ4v) is 3.24. The molecule has 0 aromatic heterocycles. The summed E-state index contributed by atoms with van der Waals surface area (Å²) in [7, 11) is 0. The Bertz CT molecular complexity index is 898. The van der Waals surface area contributed by atoms with Gasteiger partial charge in [-0.15, -0.1) is 0 Å². The molecule has 0 aliphatic rings. The van der Waals surface area contributed by atoms with Crippen LogP contribution in [0.15, 0.2) is 78.9 Å². The van der Waals surface area contributed by atoms with Gasteiger partial charge < -0.3 is 5.32 Å². The van der Waals surface area contributed by atoms with E-state index < -0.39 is 0 Å². The summed E-state index contributed by atoms with van der Waals surface area (Å²) in [6, 6.07) is 27.7. The predicted molar refractivity (Wildman–Crippen MR) is 144 cm³/mol. The molecular formula is C31H41N. The van der Waals surface area contributed by atoms with Crippen LogP contribution in [0.2, 0.25) is 0 Å². The van der Waals surface area contributed by atoms with Crippen molar-refractivity contribution in [2.75, 3.05) is 5.32 Å². The highest BCUT2D eigenvalue weighted by Gasteiger charge is 1.98. The van der Waals surface area contributed by atoms with Crippen LogP contribution in [0, 0.1) is 11.8 Å². The molecule has 0 aliphatic heterocycles. The fourth-order valence-electron chi connectivity index (χ4n) is 3.24. The van der Waals surface area contributed by atoms with Gasteiger partial charge in [-0.05, 0) is 73.2 Å². The van der Waals surface area contributed by atoms with Gasteiger partial charge in [0, 0.05) is 23.4 Å². The van der Waals surface area contributed by atoms with E-state index in [0.29, 0.717) is 0 Å². The number of anilines is 2. The van der Waals surface area contributed by atoms with E-state index in [1.165, 1.54) is 24.0 Å². The Labute approximate surface area is 197 Å². The lowest BCUT2D eigenvalue weighted by molar-refractivity contribution is 0.756. The minimum absolute atomic E-state index is 0.957. The molecule has 0 aliphatic carbocycles. The molecule has 0 spiro atoms. The van der Waals surface area contributed by atoms with E-state index in [1.807, 2.05) is 45.9 Å². The Morgan fingerprint density at radius 3 is 2.03 bits per heavy atom. The van der Waals surface area contributed by atoms with E-state index >= 15 is 0 Å². The van der Waals surface area contributed by atoms with Crippen LogP contribution in [-0.2, 0) is 12.8 Å². The Balaban J connectivity index is 0.00000121. The van der Waals surface area contributed by atoms with E-state index in [1.54, 1.807) is 0 Å². The number of aryl methyl sites for hydroxylation is 2. The van der Waals surface area contributed by atoms with Gasteiger partial charge in [-0.1, -0.05) is 95.3 Å². The van der Waals surface area contributed by atoms with Crippen LogP contribution in [-0.4, -0.2) is 0 Å². The van der Waals surface area contributed by atoms with Crippen LogP contribution < -0.4 is 5.32 Å². The lowest BCUT2D eigenvalue weighted by atomic mass is 10.1. The topological polar surface area (TPSA) is 12.0 Å². The molecule has 3 aromatic rings. The Morgan fingerprint density at radius 2 is 1.34 bits per heavy atom. The fraction of sp³-hybridized carbons (Fsp3) is 0.355. The molecule has 0 atom stereocenters. The number of rotatable bonds is 8. The third-order valence-corrected chi connectivity index (χ3v) is 4.73. The van der Waals surface area contributed by atoms with Crippen LogP contribution in [0.3, 0.4) is 0 Å². The Kier molecular flexibility index (Phi) is 14.9. The van der Waals surface area contributed by atoms with Crippen LogP contribution in [0.5, 0.6) is 0 Å². The quantitative estimate of drug-likeness (QED) is 0.279. The highest BCUT2D eigenvalue weighted by atomic mass is 14.9. The maximum atomic E-state index is 3.46. The van der Waals surface area contributed by atoms with Crippen molar-refractivity contribution >= 4 is 11.4 Å². The van der Waals surface area contributed by atoms with Crippen molar-refractivity contribution < 1.29 is 0 Å². The van der Waals surface area contributed by atoms with E-state index in [-0.39, 0.29) is 0 Å². The van der Waals surface area contributed by atoms with Gasteiger partial charge in [0.05, 0.1) is 0 Å². The molecule has 170 valence electrons. The molecule has 0 radical (unpaired) electrons. The first kappa shape index (κ1) is 27.1. The third kappa shape index (κ3) is 10.9. The highest BCUT2D eigenvalue weighted by molar-refractivity contribution is 5.60. The lowest BCUT2D eigenvalue weighted by Gasteiger charge is -2.08. The van der Waals surface area contributed by atoms with Crippen LogP contribution in [0.1, 0.15) is 77.0 Å². The molecule has 0 fully saturated rings. The van der Waals surface area contributed by atoms with Crippen molar-refractivity contribution in [2.24, 2.45) is 0 Å². The summed E-state index contributed by atoms with van der Waals surface area (Å²) >= 11 is 0. The van der Waals surface area contributed by atoms with Gasteiger partial charge in [-0.25, -0.2) is 0 Å². The average Bonchev–Trinajstić information content (AvgIpc) is 2.86. The van der Waals surface area contributed by atoms with E-state index in [4.69, 9.17) is 0 Å². The predicted octanol–water partition coefficient (Wildman–Crippen LogP) is 9.20. The number of hydrogen-bond acceptors (Lipinski definition) is 1. The van der Waals surface area contributed by atoms with Crippen LogP contribution in [0.25, 0.3) is 0 Å². The van der Waals surface area contributed by atoms with Gasteiger partial charge in [0.1, 0.15) is 0 Å². The third-order valence-electron chi connectivity index (χ3n) is 4.73. The largest absolute Gasteiger partial charge is 0.356 e. The number of hydrogen-bond donors (Lipinski definition) is 1. The van der Waals surface area contributed by atoms with Crippen molar-refractivity contribution in [1.82, 2.24) is 0 Å². The molecule has 1 heteroatoms. The minimum Gasteiger partial charge on any atom is -0.356 e. The second kappa shape index (κ2) is 17.7. The van der Waals surface area contributed by atoms with Crippen molar-refractivity contribution in [3.05, 3.63) is 95.6 Å². The van der Waals surface area contributed by atoms with E-state index in [9.17, 15) is 0 Å². The molecule has 1 N–H and O–H groups in total. The van der Waals surface area contributed by atoms with Crippen LogP contribution >= 0.6 is 0 Å². The molecule has 3 rings (SSSR count). The van der Waals surface area contributed by atoms with Gasteiger partial charge in [0.2, 0.25) is 0 Å². The minimum atomic E-state index is 0.957. The summed E-state index contributed by atoms with van der Waals surface area (Å²) in [6.07, 6.45) is 6.69. The summed E-state index contributed by atoms with van der Waals surface area (Å²) in [5, 5.41) is 3.46. The highest BCUT2D eigenvalue weighted by Crippen LogP contribution is 2.18. The Morgan fingerprint density at radius 1 is 0.656 bits per heavy atom. The zero-order chi connectivity index (χ0) is 23.4. The molecule has 3 aromatic carbocycles. The van der Waals surface area contributed by atoms with E-state index in [2.05, 4.69) is 84.7 Å². The Hall–Kier alpha value is -2.98. The SMILES string of the molecule is CC.CC.CCCc1ccc(C#CCCCCc2cccc(Nc3ccccc3)c2)cc1. The van der Waals surface area contributed by atoms with Gasteiger partial charge in [0.15, 0.2) is 0 Å². The first-order valence-corrected chi connectivity index (χ1v) is 12.3. The lowest BCUT2D eigenvalue weighted by Crippen LogP contribution is -1.92. The summed E-state index contributed by atoms with van der Waals surface area (Å²) in [4.78, 5) is 0. The molecule has 0 heterocycles. The second-order valence-electron chi connectivity index (χ2n) is 7.15. The molecular weight excluding hydrogens is 386 g/mol. The smallest absolute Gasteiger partial charge is 0.0386 e. The first-order valence-electron chi connectivity index (χ1n) is 12.3. The maximum absolute atomic E-state index is 3.46.